The molecule has 1 amide bonds. The fourth-order valence-corrected chi connectivity index (χ4v) is 5.16. The van der Waals surface area contributed by atoms with E-state index >= 15 is 0 Å². The number of aromatic nitrogens is 4. The predicted octanol–water partition coefficient (Wildman–Crippen LogP) is 5.54. The highest BCUT2D eigenvalue weighted by molar-refractivity contribution is 6.74. The van der Waals surface area contributed by atoms with Gasteiger partial charge in [0, 0.05) is 12.0 Å². The van der Waals surface area contributed by atoms with E-state index in [1.54, 1.807) is 36.7 Å². The molecule has 0 saturated carbocycles. The van der Waals surface area contributed by atoms with E-state index in [1.165, 1.54) is 6.33 Å². The zero-order valence-electron chi connectivity index (χ0n) is 23.0. The molecular formula is C28H37N5O4Si. The molecule has 2 aromatic heterocycles. The summed E-state index contributed by atoms with van der Waals surface area (Å²) in [6.07, 6.45) is 6.96. The van der Waals surface area contributed by atoms with Gasteiger partial charge in [-0.1, -0.05) is 52.0 Å². The summed E-state index contributed by atoms with van der Waals surface area (Å²) in [5, 5.41) is 2.88. The van der Waals surface area contributed by atoms with Crippen molar-refractivity contribution in [3.05, 3.63) is 60.7 Å². The third-order valence-corrected chi connectivity index (χ3v) is 12.0. The largest absolute Gasteiger partial charge is 0.414 e. The minimum absolute atomic E-state index is 0.0352. The molecule has 4 rings (SSSR count). The van der Waals surface area contributed by atoms with Crippen molar-refractivity contribution in [2.24, 2.45) is 5.92 Å². The first-order chi connectivity index (χ1) is 18.0. The van der Waals surface area contributed by atoms with Gasteiger partial charge in [-0.3, -0.25) is 14.2 Å². The van der Waals surface area contributed by atoms with Crippen LogP contribution in [0.3, 0.4) is 0 Å². The lowest BCUT2D eigenvalue weighted by molar-refractivity contribution is -0.120. The third kappa shape index (κ3) is 5.92. The molecule has 1 saturated heterocycles. The highest BCUT2D eigenvalue weighted by Gasteiger charge is 2.43. The van der Waals surface area contributed by atoms with Crippen molar-refractivity contribution in [1.82, 2.24) is 19.5 Å². The fourth-order valence-electron chi connectivity index (χ4n) is 4.14. The molecule has 3 aromatic rings. The van der Waals surface area contributed by atoms with Gasteiger partial charge in [-0.15, -0.1) is 0 Å². The van der Waals surface area contributed by atoms with Crippen LogP contribution in [0.4, 0.5) is 5.82 Å². The maximum absolute atomic E-state index is 13.1. The van der Waals surface area contributed by atoms with Crippen molar-refractivity contribution in [3.63, 3.8) is 0 Å². The van der Waals surface area contributed by atoms with E-state index in [9.17, 15) is 9.59 Å². The molecule has 9 nitrogen and oxygen atoms in total. The third-order valence-electron chi connectivity index (χ3n) is 7.47. The Kier molecular flexibility index (Phi) is 8.24. The molecule has 1 aromatic carbocycles. The Balaban J connectivity index is 1.58. The number of ketones is 1. The number of anilines is 1. The Morgan fingerprint density at radius 2 is 1.92 bits per heavy atom. The number of fused-ring (bicyclic) bond motifs is 1. The average Bonchev–Trinajstić information content (AvgIpc) is 3.51. The average molecular weight is 536 g/mol. The number of carbonyl (C=O) groups excluding carboxylic acids is 2. The SMILES string of the molecule is CCC=CC(=O)[C@H]1C[C@H](n2cnc3c(NC(=O)c4ccccc4)ncnc32)O[C@@H]1CO[Si](C)(C)C(C)(C)C. The quantitative estimate of drug-likeness (QED) is 0.283. The summed E-state index contributed by atoms with van der Waals surface area (Å²) in [6, 6.07) is 8.91. The summed E-state index contributed by atoms with van der Waals surface area (Å²) in [6.45, 7) is 13.3. The summed E-state index contributed by atoms with van der Waals surface area (Å²) in [5.74, 6) is -0.275. The lowest BCUT2D eigenvalue weighted by Gasteiger charge is -2.37. The number of hydrogen-bond acceptors (Lipinski definition) is 7. The van der Waals surface area contributed by atoms with Crippen molar-refractivity contribution in [2.45, 2.75) is 71.0 Å². The Morgan fingerprint density at radius 3 is 2.61 bits per heavy atom. The summed E-state index contributed by atoms with van der Waals surface area (Å²) in [7, 11) is -2.03. The molecule has 3 atom stereocenters. The second-order valence-corrected chi connectivity index (χ2v) is 15.9. The van der Waals surface area contributed by atoms with Gasteiger partial charge in [-0.05, 0) is 42.8 Å². The van der Waals surface area contributed by atoms with Crippen LogP contribution in [0.2, 0.25) is 18.1 Å². The lowest BCUT2D eigenvalue weighted by Crippen LogP contribution is -2.43. The Labute approximate surface area is 224 Å². The fraction of sp³-hybridized carbons (Fsp3) is 0.464. The van der Waals surface area contributed by atoms with Gasteiger partial charge >= 0.3 is 0 Å². The second kappa shape index (κ2) is 11.3. The lowest BCUT2D eigenvalue weighted by atomic mass is 9.95. The van der Waals surface area contributed by atoms with E-state index in [2.05, 4.69) is 54.1 Å². The standard InChI is InChI=1S/C28H37N5O4Si/c1-7-8-14-21(34)20-15-23(37-22(20)16-36-38(5,6)28(2,3)4)33-18-31-24-25(29-17-30-26(24)33)32-27(35)19-12-10-9-11-13-19/h8-14,17-18,20,22-23H,7,15-16H2,1-6H3,(H,29,30,32,35)/t20-,22-,23-/m1/s1. The maximum Gasteiger partial charge on any atom is 0.256 e. The van der Waals surface area contributed by atoms with Gasteiger partial charge in [-0.25, -0.2) is 15.0 Å². The number of nitrogens with zero attached hydrogens (tertiary/aromatic N) is 4. The zero-order valence-corrected chi connectivity index (χ0v) is 24.0. The van der Waals surface area contributed by atoms with E-state index in [1.807, 2.05) is 23.6 Å². The van der Waals surface area contributed by atoms with Crippen LogP contribution in [0.5, 0.6) is 0 Å². The molecule has 3 heterocycles. The predicted molar refractivity (Wildman–Crippen MR) is 149 cm³/mol. The molecular weight excluding hydrogens is 498 g/mol. The Hall–Kier alpha value is -3.21. The normalized spacial score (nSPS) is 20.3. The van der Waals surface area contributed by atoms with E-state index in [0.29, 0.717) is 35.6 Å². The van der Waals surface area contributed by atoms with Crippen molar-refractivity contribution in [3.8, 4) is 0 Å². The van der Waals surface area contributed by atoms with Crippen LogP contribution in [-0.4, -0.2) is 52.2 Å². The molecule has 202 valence electrons. The second-order valence-electron chi connectivity index (χ2n) is 11.1. The molecule has 1 aliphatic rings. The van der Waals surface area contributed by atoms with Gasteiger partial charge in [-0.2, -0.15) is 0 Å². The van der Waals surface area contributed by atoms with Crippen LogP contribution in [0.1, 0.15) is 57.1 Å². The molecule has 1 aliphatic heterocycles. The zero-order chi connectivity index (χ0) is 27.5. The van der Waals surface area contributed by atoms with Gasteiger partial charge in [0.15, 0.2) is 31.1 Å². The van der Waals surface area contributed by atoms with E-state index in [4.69, 9.17) is 9.16 Å². The number of hydrogen-bond donors (Lipinski definition) is 1. The number of rotatable bonds is 9. The number of allylic oxidation sites excluding steroid dienone is 2. The van der Waals surface area contributed by atoms with E-state index in [-0.39, 0.29) is 28.8 Å². The van der Waals surface area contributed by atoms with Crippen LogP contribution in [0.25, 0.3) is 11.2 Å². The molecule has 0 spiro atoms. The topological polar surface area (TPSA) is 108 Å². The summed E-state index contributed by atoms with van der Waals surface area (Å²) in [4.78, 5) is 39.0. The van der Waals surface area contributed by atoms with Crippen molar-refractivity contribution < 1.29 is 18.8 Å². The first-order valence-electron chi connectivity index (χ1n) is 13.1. The van der Waals surface area contributed by atoms with Crippen molar-refractivity contribution in [2.75, 3.05) is 11.9 Å². The summed E-state index contributed by atoms with van der Waals surface area (Å²) >= 11 is 0. The van der Waals surface area contributed by atoms with E-state index < -0.39 is 14.5 Å². The molecule has 1 N–H and O–H groups in total. The van der Waals surface area contributed by atoms with Gasteiger partial charge in [0.05, 0.1) is 25.0 Å². The minimum Gasteiger partial charge on any atom is -0.414 e. The van der Waals surface area contributed by atoms with Gasteiger partial charge in [0.2, 0.25) is 0 Å². The summed E-state index contributed by atoms with van der Waals surface area (Å²) < 4.78 is 14.7. The van der Waals surface area contributed by atoms with Crippen LogP contribution in [0.15, 0.2) is 55.1 Å². The number of carbonyl (C=O) groups is 2. The smallest absolute Gasteiger partial charge is 0.256 e. The molecule has 10 heteroatoms. The Morgan fingerprint density at radius 1 is 1.18 bits per heavy atom. The molecule has 38 heavy (non-hydrogen) atoms. The number of ether oxygens (including phenoxy) is 1. The van der Waals surface area contributed by atoms with Crippen LogP contribution < -0.4 is 5.32 Å². The van der Waals surface area contributed by atoms with Crippen LogP contribution >= 0.6 is 0 Å². The monoisotopic (exact) mass is 535 g/mol. The number of benzene rings is 1. The summed E-state index contributed by atoms with van der Waals surface area (Å²) in [5.41, 5.74) is 1.49. The van der Waals surface area contributed by atoms with E-state index in [0.717, 1.165) is 6.42 Å². The molecule has 0 radical (unpaired) electrons. The van der Waals surface area contributed by atoms with Crippen molar-refractivity contribution in [1.29, 1.82) is 0 Å². The highest BCUT2D eigenvalue weighted by atomic mass is 28.4. The highest BCUT2D eigenvalue weighted by Crippen LogP contribution is 2.40. The molecule has 1 fully saturated rings. The molecule has 0 aliphatic carbocycles. The first-order valence-corrected chi connectivity index (χ1v) is 16.0. The first kappa shape index (κ1) is 27.8. The van der Waals surface area contributed by atoms with Gasteiger partial charge in [0.1, 0.15) is 12.6 Å². The van der Waals surface area contributed by atoms with Gasteiger partial charge < -0.3 is 14.5 Å². The number of imidazole rings is 1. The molecule has 0 unspecified atom stereocenters. The number of nitrogens with one attached hydrogen (secondary N) is 1. The van der Waals surface area contributed by atoms with Crippen LogP contribution in [0, 0.1) is 5.92 Å². The Bertz CT molecular complexity index is 1320. The maximum atomic E-state index is 13.1. The van der Waals surface area contributed by atoms with Gasteiger partial charge in [0.25, 0.3) is 5.91 Å². The van der Waals surface area contributed by atoms with Crippen LogP contribution in [-0.2, 0) is 14.0 Å². The minimum atomic E-state index is -2.03. The van der Waals surface area contributed by atoms with Crippen molar-refractivity contribution >= 4 is 37.0 Å². The molecule has 0 bridgehead atoms. The number of amides is 1.